The number of benzene rings is 1. The molecule has 0 aliphatic rings. The number of aryl methyl sites for hydroxylation is 1. The van der Waals surface area contributed by atoms with Crippen LogP contribution in [-0.4, -0.2) is 22.6 Å². The first-order chi connectivity index (χ1) is 13.2. The molecule has 0 unspecified atom stereocenters. The van der Waals surface area contributed by atoms with E-state index in [0.717, 1.165) is 12.0 Å². The highest BCUT2D eigenvalue weighted by Crippen LogP contribution is 2.18. The van der Waals surface area contributed by atoms with Gasteiger partial charge in [-0.25, -0.2) is 0 Å². The van der Waals surface area contributed by atoms with E-state index in [1.807, 2.05) is 12.1 Å². The molecule has 2 aromatic rings. The number of hydrogen-bond donors (Lipinski definition) is 2. The van der Waals surface area contributed by atoms with E-state index in [1.165, 1.54) is 56.9 Å². The highest BCUT2D eigenvalue weighted by Gasteiger charge is 2.09. The van der Waals surface area contributed by atoms with E-state index < -0.39 is 0 Å². The molecule has 3 N–H and O–H groups in total. The summed E-state index contributed by atoms with van der Waals surface area (Å²) in [5.74, 6) is 0.653. The van der Waals surface area contributed by atoms with Gasteiger partial charge in [0.2, 0.25) is 17.6 Å². The van der Waals surface area contributed by atoms with Crippen molar-refractivity contribution in [3.8, 4) is 11.4 Å². The number of rotatable bonds is 13. The normalized spacial score (nSPS) is 10.9. The lowest BCUT2D eigenvalue weighted by molar-refractivity contribution is -0.120. The van der Waals surface area contributed by atoms with Gasteiger partial charge in [0.1, 0.15) is 0 Å². The van der Waals surface area contributed by atoms with E-state index in [1.54, 1.807) is 0 Å². The van der Waals surface area contributed by atoms with Crippen molar-refractivity contribution in [3.05, 3.63) is 35.7 Å². The second-order valence-corrected chi connectivity index (χ2v) is 6.91. The lowest BCUT2D eigenvalue weighted by atomic mass is 10.0. The van der Waals surface area contributed by atoms with Gasteiger partial charge in [-0.05, 0) is 18.4 Å². The quantitative estimate of drug-likeness (QED) is 0.518. The molecule has 0 aliphatic carbocycles. The van der Waals surface area contributed by atoms with Crippen molar-refractivity contribution in [1.82, 2.24) is 15.5 Å². The Morgan fingerprint density at radius 2 is 1.70 bits per heavy atom. The van der Waals surface area contributed by atoms with E-state index in [4.69, 9.17) is 10.3 Å². The summed E-state index contributed by atoms with van der Waals surface area (Å²) < 4.78 is 5.15. The lowest BCUT2D eigenvalue weighted by Gasteiger charge is -2.03. The van der Waals surface area contributed by atoms with Gasteiger partial charge in [0, 0.05) is 5.56 Å². The number of amides is 1. The first-order valence-electron chi connectivity index (χ1n) is 10.1. The average molecular weight is 373 g/mol. The molecule has 0 saturated heterocycles. The second-order valence-electron chi connectivity index (χ2n) is 6.91. The molecule has 1 aromatic carbocycles. The number of nitrogens with zero attached hydrogens (tertiary/aromatic N) is 2. The van der Waals surface area contributed by atoms with E-state index in [9.17, 15) is 4.79 Å². The number of carbonyl (C=O) groups is 1. The fourth-order valence-corrected chi connectivity index (χ4v) is 2.97. The number of hydrogen-bond acceptors (Lipinski definition) is 5. The van der Waals surface area contributed by atoms with Crippen molar-refractivity contribution < 1.29 is 9.32 Å². The molecule has 0 atom stereocenters. The standard InChI is InChI=1S/C21H32N4O2/c1-2-3-4-5-6-7-8-9-10-17-11-13-18(14-12-17)21-24-20(27-25-21)16-23-19(26)15-22/h11-14H,2-10,15-16,22H2,1H3,(H,23,26). The Morgan fingerprint density at radius 1 is 1.04 bits per heavy atom. The number of carbonyl (C=O) groups excluding carboxylic acids is 1. The summed E-state index contributed by atoms with van der Waals surface area (Å²) in [4.78, 5) is 15.5. The zero-order valence-corrected chi connectivity index (χ0v) is 16.4. The summed E-state index contributed by atoms with van der Waals surface area (Å²) in [6, 6.07) is 8.30. The molecule has 1 heterocycles. The Labute approximate surface area is 161 Å². The van der Waals surface area contributed by atoms with Crippen LogP contribution in [0.5, 0.6) is 0 Å². The minimum Gasteiger partial charge on any atom is -0.346 e. The summed E-state index contributed by atoms with van der Waals surface area (Å²) in [6.45, 7) is 2.40. The molecule has 6 heteroatoms. The summed E-state index contributed by atoms with van der Waals surface area (Å²) in [7, 11) is 0. The Balaban J connectivity index is 1.70. The number of unbranched alkanes of at least 4 members (excludes halogenated alkanes) is 7. The monoisotopic (exact) mass is 372 g/mol. The molecule has 1 amide bonds. The molecular formula is C21H32N4O2. The molecule has 0 spiro atoms. The van der Waals surface area contributed by atoms with Crippen LogP contribution in [0.4, 0.5) is 0 Å². The summed E-state index contributed by atoms with van der Waals surface area (Å²) in [5, 5.41) is 6.58. The highest BCUT2D eigenvalue weighted by atomic mass is 16.5. The molecule has 0 bridgehead atoms. The minimum absolute atomic E-state index is 0.0543. The molecule has 6 nitrogen and oxygen atoms in total. The summed E-state index contributed by atoms with van der Waals surface area (Å²) in [6.07, 6.45) is 11.8. The van der Waals surface area contributed by atoms with Crippen molar-refractivity contribution >= 4 is 5.91 Å². The smallest absolute Gasteiger partial charge is 0.246 e. The number of nitrogens with two attached hydrogens (primary N) is 1. The van der Waals surface area contributed by atoms with Crippen LogP contribution < -0.4 is 11.1 Å². The Kier molecular flexibility index (Phi) is 9.55. The molecule has 27 heavy (non-hydrogen) atoms. The maximum Gasteiger partial charge on any atom is 0.246 e. The van der Waals surface area contributed by atoms with Gasteiger partial charge in [-0.2, -0.15) is 4.98 Å². The maximum absolute atomic E-state index is 11.2. The van der Waals surface area contributed by atoms with Crippen molar-refractivity contribution in [2.75, 3.05) is 6.54 Å². The molecule has 148 valence electrons. The van der Waals surface area contributed by atoms with Crippen molar-refractivity contribution in [2.24, 2.45) is 5.73 Å². The fraction of sp³-hybridized carbons (Fsp3) is 0.571. The van der Waals surface area contributed by atoms with Crippen molar-refractivity contribution in [1.29, 1.82) is 0 Å². The third-order valence-electron chi connectivity index (χ3n) is 4.62. The first-order valence-corrected chi connectivity index (χ1v) is 10.1. The molecule has 0 fully saturated rings. The third-order valence-corrected chi connectivity index (χ3v) is 4.62. The second kappa shape index (κ2) is 12.2. The van der Waals surface area contributed by atoms with Crippen LogP contribution in [0.1, 0.15) is 69.7 Å². The van der Waals surface area contributed by atoms with Crippen LogP contribution >= 0.6 is 0 Å². The molecule has 1 aromatic heterocycles. The fourth-order valence-electron chi connectivity index (χ4n) is 2.97. The van der Waals surface area contributed by atoms with Gasteiger partial charge >= 0.3 is 0 Å². The topological polar surface area (TPSA) is 94.0 Å². The Hall–Kier alpha value is -2.21. The molecule has 0 radical (unpaired) electrons. The lowest BCUT2D eigenvalue weighted by Crippen LogP contribution is -2.29. The van der Waals surface area contributed by atoms with Crippen LogP contribution in [0.25, 0.3) is 11.4 Å². The SMILES string of the molecule is CCCCCCCCCCc1ccc(-c2noc(CNC(=O)CN)n2)cc1. The van der Waals surface area contributed by atoms with Crippen LogP contribution in [0, 0.1) is 0 Å². The van der Waals surface area contributed by atoms with Gasteiger partial charge in [0.15, 0.2) is 0 Å². The molecule has 2 rings (SSSR count). The van der Waals surface area contributed by atoms with Gasteiger partial charge in [0.25, 0.3) is 0 Å². The van der Waals surface area contributed by atoms with Gasteiger partial charge in [-0.1, -0.05) is 81.3 Å². The van der Waals surface area contributed by atoms with Gasteiger partial charge < -0.3 is 15.6 Å². The zero-order valence-electron chi connectivity index (χ0n) is 16.4. The maximum atomic E-state index is 11.2. The summed E-state index contributed by atoms with van der Waals surface area (Å²) >= 11 is 0. The zero-order chi connectivity index (χ0) is 19.3. The Morgan fingerprint density at radius 3 is 2.37 bits per heavy atom. The van der Waals surface area contributed by atoms with Gasteiger partial charge in [0.05, 0.1) is 13.1 Å². The molecule has 0 saturated carbocycles. The van der Waals surface area contributed by atoms with E-state index in [2.05, 4.69) is 34.5 Å². The predicted molar refractivity (Wildman–Crippen MR) is 107 cm³/mol. The van der Waals surface area contributed by atoms with Crippen LogP contribution in [0.3, 0.4) is 0 Å². The minimum atomic E-state index is -0.250. The van der Waals surface area contributed by atoms with Crippen molar-refractivity contribution in [2.45, 2.75) is 71.3 Å². The highest BCUT2D eigenvalue weighted by molar-refractivity contribution is 5.77. The van der Waals surface area contributed by atoms with Crippen LogP contribution in [0.2, 0.25) is 0 Å². The van der Waals surface area contributed by atoms with Crippen LogP contribution in [-0.2, 0) is 17.8 Å². The Bertz CT molecular complexity index is 667. The summed E-state index contributed by atoms with van der Waals surface area (Å²) in [5.41, 5.74) is 7.49. The van der Waals surface area contributed by atoms with Crippen molar-refractivity contribution in [3.63, 3.8) is 0 Å². The van der Waals surface area contributed by atoms with E-state index in [0.29, 0.717) is 11.7 Å². The van der Waals surface area contributed by atoms with E-state index >= 15 is 0 Å². The third kappa shape index (κ3) is 7.91. The average Bonchev–Trinajstić information content (AvgIpc) is 3.17. The first kappa shape index (κ1) is 21.1. The van der Waals surface area contributed by atoms with Gasteiger partial charge in [-0.15, -0.1) is 0 Å². The molecular weight excluding hydrogens is 340 g/mol. The largest absolute Gasteiger partial charge is 0.346 e. The number of nitrogens with one attached hydrogen (secondary N) is 1. The predicted octanol–water partition coefficient (Wildman–Crippen LogP) is 3.99. The molecule has 0 aliphatic heterocycles. The van der Waals surface area contributed by atoms with E-state index in [-0.39, 0.29) is 19.0 Å². The number of aromatic nitrogens is 2. The van der Waals surface area contributed by atoms with Gasteiger partial charge in [-0.3, -0.25) is 4.79 Å². The van der Waals surface area contributed by atoms with Crippen LogP contribution in [0.15, 0.2) is 28.8 Å².